The van der Waals surface area contributed by atoms with E-state index in [0.29, 0.717) is 23.6 Å². The fourth-order valence-electron chi connectivity index (χ4n) is 2.60. The lowest BCUT2D eigenvalue weighted by Crippen LogP contribution is -2.32. The van der Waals surface area contributed by atoms with Crippen LogP contribution in [0.2, 0.25) is 0 Å². The summed E-state index contributed by atoms with van der Waals surface area (Å²) in [5.74, 6) is 1.87. The molecule has 0 radical (unpaired) electrons. The highest BCUT2D eigenvalue weighted by atomic mass is 16.7. The SMILES string of the molecule is CC[C@H](Oc1ccc(C)cc1C)C(=O)Nc1ccc2c(c1)OCO2. The first-order valence-corrected chi connectivity index (χ1v) is 8.01. The largest absolute Gasteiger partial charge is 0.480 e. The van der Waals surface area contributed by atoms with Crippen molar-refractivity contribution < 1.29 is 19.0 Å². The third kappa shape index (κ3) is 3.45. The van der Waals surface area contributed by atoms with E-state index in [1.165, 1.54) is 0 Å². The molecule has 0 unspecified atom stereocenters. The summed E-state index contributed by atoms with van der Waals surface area (Å²) in [6.07, 6.45) is 0.0146. The minimum Gasteiger partial charge on any atom is -0.480 e. The second kappa shape index (κ2) is 6.83. The fourth-order valence-corrected chi connectivity index (χ4v) is 2.60. The van der Waals surface area contributed by atoms with Crippen molar-refractivity contribution in [3.05, 3.63) is 47.5 Å². The molecule has 0 fully saturated rings. The fraction of sp³-hybridized carbons (Fsp3) is 0.316. The van der Waals surface area contributed by atoms with Gasteiger partial charge in [-0.1, -0.05) is 24.6 Å². The lowest BCUT2D eigenvalue weighted by atomic mass is 10.1. The van der Waals surface area contributed by atoms with Crippen LogP contribution in [-0.2, 0) is 4.79 Å². The number of hydrogen-bond acceptors (Lipinski definition) is 4. The van der Waals surface area contributed by atoms with Gasteiger partial charge in [-0.2, -0.15) is 0 Å². The number of carbonyl (C=O) groups excluding carboxylic acids is 1. The lowest BCUT2D eigenvalue weighted by Gasteiger charge is -2.19. The van der Waals surface area contributed by atoms with Gasteiger partial charge in [-0.3, -0.25) is 4.79 Å². The Morgan fingerprint density at radius 3 is 2.71 bits per heavy atom. The van der Waals surface area contributed by atoms with E-state index in [1.807, 2.05) is 39.0 Å². The molecule has 0 bridgehead atoms. The van der Waals surface area contributed by atoms with Crippen molar-refractivity contribution in [1.29, 1.82) is 0 Å². The normalized spacial score (nSPS) is 13.5. The predicted molar refractivity (Wildman–Crippen MR) is 91.8 cm³/mol. The maximum absolute atomic E-state index is 12.5. The Hall–Kier alpha value is -2.69. The summed E-state index contributed by atoms with van der Waals surface area (Å²) in [7, 11) is 0. The number of carbonyl (C=O) groups is 1. The molecule has 1 aliphatic rings. The van der Waals surface area contributed by atoms with Crippen LogP contribution in [0.4, 0.5) is 5.69 Å². The minimum atomic E-state index is -0.558. The number of benzene rings is 2. The van der Waals surface area contributed by atoms with Crippen LogP contribution in [0, 0.1) is 13.8 Å². The van der Waals surface area contributed by atoms with Gasteiger partial charge in [0, 0.05) is 11.8 Å². The zero-order valence-corrected chi connectivity index (χ0v) is 14.1. The van der Waals surface area contributed by atoms with E-state index in [9.17, 15) is 4.79 Å². The van der Waals surface area contributed by atoms with E-state index in [-0.39, 0.29) is 12.7 Å². The number of aryl methyl sites for hydroxylation is 2. The van der Waals surface area contributed by atoms with Crippen LogP contribution in [-0.4, -0.2) is 18.8 Å². The van der Waals surface area contributed by atoms with Crippen LogP contribution in [0.25, 0.3) is 0 Å². The smallest absolute Gasteiger partial charge is 0.265 e. The van der Waals surface area contributed by atoms with Gasteiger partial charge in [-0.15, -0.1) is 0 Å². The molecule has 24 heavy (non-hydrogen) atoms. The van der Waals surface area contributed by atoms with Crippen molar-refractivity contribution in [3.8, 4) is 17.2 Å². The van der Waals surface area contributed by atoms with E-state index in [4.69, 9.17) is 14.2 Å². The Bertz CT molecular complexity index is 757. The molecular formula is C19H21NO4. The molecule has 1 N–H and O–H groups in total. The van der Waals surface area contributed by atoms with Crippen molar-refractivity contribution in [2.75, 3.05) is 12.1 Å². The van der Waals surface area contributed by atoms with E-state index < -0.39 is 6.10 Å². The summed E-state index contributed by atoms with van der Waals surface area (Å²) >= 11 is 0. The molecule has 2 aromatic rings. The Kier molecular flexibility index (Phi) is 4.60. The monoisotopic (exact) mass is 327 g/mol. The summed E-state index contributed by atoms with van der Waals surface area (Å²) in [6, 6.07) is 11.2. The molecule has 5 heteroatoms. The Labute approximate surface area is 141 Å². The van der Waals surface area contributed by atoms with E-state index in [2.05, 4.69) is 5.32 Å². The van der Waals surface area contributed by atoms with Crippen LogP contribution >= 0.6 is 0 Å². The molecule has 5 nitrogen and oxygen atoms in total. The van der Waals surface area contributed by atoms with E-state index in [1.54, 1.807) is 18.2 Å². The predicted octanol–water partition coefficient (Wildman–Crippen LogP) is 3.83. The van der Waals surface area contributed by atoms with Gasteiger partial charge >= 0.3 is 0 Å². The standard InChI is InChI=1S/C19H21NO4/c1-4-15(24-16-7-5-12(2)9-13(16)3)19(21)20-14-6-8-17-18(10-14)23-11-22-17/h5-10,15H,4,11H2,1-3H3,(H,20,21)/t15-/m0/s1. The number of nitrogens with one attached hydrogen (secondary N) is 1. The molecule has 3 rings (SSSR count). The Morgan fingerprint density at radius 2 is 1.96 bits per heavy atom. The molecular weight excluding hydrogens is 306 g/mol. The molecule has 0 aliphatic carbocycles. The first kappa shape index (κ1) is 16.2. The van der Waals surface area contributed by atoms with Crippen molar-refractivity contribution >= 4 is 11.6 Å². The van der Waals surface area contributed by atoms with Gasteiger partial charge in [-0.05, 0) is 44.0 Å². The van der Waals surface area contributed by atoms with Crippen molar-refractivity contribution in [2.45, 2.75) is 33.3 Å². The summed E-state index contributed by atoms with van der Waals surface area (Å²) in [6.45, 7) is 6.14. The Morgan fingerprint density at radius 1 is 1.17 bits per heavy atom. The van der Waals surface area contributed by atoms with Crippen LogP contribution in [0.15, 0.2) is 36.4 Å². The maximum Gasteiger partial charge on any atom is 0.265 e. The average molecular weight is 327 g/mol. The van der Waals surface area contributed by atoms with Gasteiger partial charge in [0.05, 0.1) is 0 Å². The number of rotatable bonds is 5. The summed E-state index contributed by atoms with van der Waals surface area (Å²) in [5, 5.41) is 2.87. The van der Waals surface area contributed by atoms with Crippen LogP contribution in [0.1, 0.15) is 24.5 Å². The molecule has 0 aromatic heterocycles. The molecule has 1 atom stereocenters. The van der Waals surface area contributed by atoms with Gasteiger partial charge < -0.3 is 19.5 Å². The van der Waals surface area contributed by atoms with Gasteiger partial charge in [-0.25, -0.2) is 0 Å². The molecule has 2 aromatic carbocycles. The molecule has 1 heterocycles. The zero-order chi connectivity index (χ0) is 17.1. The molecule has 0 saturated carbocycles. The van der Waals surface area contributed by atoms with Crippen molar-refractivity contribution in [1.82, 2.24) is 0 Å². The van der Waals surface area contributed by atoms with Gasteiger partial charge in [0.2, 0.25) is 6.79 Å². The minimum absolute atomic E-state index is 0.184. The third-order valence-electron chi connectivity index (χ3n) is 3.90. The van der Waals surface area contributed by atoms with Crippen molar-refractivity contribution in [3.63, 3.8) is 0 Å². The highest BCUT2D eigenvalue weighted by Crippen LogP contribution is 2.34. The molecule has 0 spiro atoms. The maximum atomic E-state index is 12.5. The highest BCUT2D eigenvalue weighted by molar-refractivity contribution is 5.94. The van der Waals surface area contributed by atoms with Gasteiger partial charge in [0.1, 0.15) is 5.75 Å². The van der Waals surface area contributed by atoms with Crippen LogP contribution in [0.3, 0.4) is 0 Å². The summed E-state index contributed by atoms with van der Waals surface area (Å²) < 4.78 is 16.5. The van der Waals surface area contributed by atoms with E-state index >= 15 is 0 Å². The van der Waals surface area contributed by atoms with E-state index in [0.717, 1.165) is 16.9 Å². The Balaban J connectivity index is 1.70. The average Bonchev–Trinajstić information content (AvgIpc) is 3.01. The highest BCUT2D eigenvalue weighted by Gasteiger charge is 2.21. The number of anilines is 1. The summed E-state index contributed by atoms with van der Waals surface area (Å²) in [4.78, 5) is 12.5. The van der Waals surface area contributed by atoms with Crippen LogP contribution in [0.5, 0.6) is 17.2 Å². The van der Waals surface area contributed by atoms with Gasteiger partial charge in [0.25, 0.3) is 5.91 Å². The molecule has 126 valence electrons. The first-order valence-electron chi connectivity index (χ1n) is 8.01. The molecule has 1 amide bonds. The first-order chi connectivity index (χ1) is 11.6. The summed E-state index contributed by atoms with van der Waals surface area (Å²) in [5.41, 5.74) is 2.84. The third-order valence-corrected chi connectivity index (χ3v) is 3.90. The lowest BCUT2D eigenvalue weighted by molar-refractivity contribution is -0.122. The molecule has 1 aliphatic heterocycles. The van der Waals surface area contributed by atoms with Crippen molar-refractivity contribution in [2.24, 2.45) is 0 Å². The number of fused-ring (bicyclic) bond motifs is 1. The zero-order valence-electron chi connectivity index (χ0n) is 14.1. The number of hydrogen-bond donors (Lipinski definition) is 1. The second-order valence-electron chi connectivity index (χ2n) is 5.84. The second-order valence-corrected chi connectivity index (χ2v) is 5.84. The number of ether oxygens (including phenoxy) is 3. The van der Waals surface area contributed by atoms with Gasteiger partial charge in [0.15, 0.2) is 17.6 Å². The molecule has 0 saturated heterocycles. The number of amides is 1. The topological polar surface area (TPSA) is 56.8 Å². The quantitative estimate of drug-likeness (QED) is 0.907. The van der Waals surface area contributed by atoms with Crippen LogP contribution < -0.4 is 19.5 Å².